The summed E-state index contributed by atoms with van der Waals surface area (Å²) in [5.41, 5.74) is 1.90. The van der Waals surface area contributed by atoms with E-state index in [1.54, 1.807) is 35.7 Å². The molecule has 24 heavy (non-hydrogen) atoms. The lowest BCUT2D eigenvalue weighted by Crippen LogP contribution is -1.91. The molecule has 1 aromatic heterocycles. The van der Waals surface area contributed by atoms with Crippen LogP contribution in [-0.4, -0.2) is 10.1 Å². The summed E-state index contributed by atoms with van der Waals surface area (Å²) in [4.78, 5) is 4.44. The van der Waals surface area contributed by atoms with Crippen LogP contribution in [-0.2, 0) is 0 Å². The fourth-order valence-corrected chi connectivity index (χ4v) is 3.44. The highest BCUT2D eigenvalue weighted by Gasteiger charge is 2.17. The largest absolute Gasteiger partial charge is 0.506 e. The van der Waals surface area contributed by atoms with Crippen LogP contribution in [0, 0.1) is 11.3 Å². The maximum absolute atomic E-state index is 10.5. The van der Waals surface area contributed by atoms with Crippen molar-refractivity contribution in [2.75, 3.05) is 0 Å². The minimum absolute atomic E-state index is 0.0754. The molecule has 0 unspecified atom stereocenters. The first-order valence-electron chi connectivity index (χ1n) is 6.91. The average molecular weight is 373 g/mol. The number of aliphatic hydroxyl groups is 1. The first-order chi connectivity index (χ1) is 11.6. The number of nitriles is 1. The minimum Gasteiger partial charge on any atom is -0.506 e. The number of rotatable bonds is 3. The van der Waals surface area contributed by atoms with Crippen LogP contribution < -0.4 is 0 Å². The van der Waals surface area contributed by atoms with E-state index in [1.165, 1.54) is 11.3 Å². The lowest BCUT2D eigenvalue weighted by molar-refractivity contribution is 0.514. The van der Waals surface area contributed by atoms with Gasteiger partial charge in [-0.25, -0.2) is 4.98 Å². The van der Waals surface area contributed by atoms with Crippen molar-refractivity contribution in [2.45, 2.75) is 0 Å². The lowest BCUT2D eigenvalue weighted by atomic mass is 10.1. The Morgan fingerprint density at radius 1 is 1.04 bits per heavy atom. The summed E-state index contributed by atoms with van der Waals surface area (Å²) in [5.74, 6) is -0.192. The van der Waals surface area contributed by atoms with Gasteiger partial charge in [0.25, 0.3) is 0 Å². The summed E-state index contributed by atoms with van der Waals surface area (Å²) >= 11 is 13.5. The number of aliphatic hydroxyl groups excluding tert-OH is 1. The molecule has 0 saturated carbocycles. The number of hydrogen-bond acceptors (Lipinski definition) is 4. The molecular weight excluding hydrogens is 363 g/mol. The molecule has 0 spiro atoms. The zero-order chi connectivity index (χ0) is 17.1. The van der Waals surface area contributed by atoms with E-state index in [9.17, 15) is 10.4 Å². The predicted octanol–water partition coefficient (Wildman–Crippen LogP) is 6.07. The van der Waals surface area contributed by atoms with Crippen LogP contribution in [0.4, 0.5) is 0 Å². The molecule has 118 valence electrons. The molecule has 0 radical (unpaired) electrons. The van der Waals surface area contributed by atoms with Gasteiger partial charge in [0, 0.05) is 21.5 Å². The highest BCUT2D eigenvalue weighted by molar-refractivity contribution is 7.11. The van der Waals surface area contributed by atoms with Crippen LogP contribution in [0.3, 0.4) is 0 Å². The molecular formula is C18H10Cl2N2OS. The number of halogens is 2. The molecule has 1 heterocycles. The van der Waals surface area contributed by atoms with Gasteiger partial charge in [-0.3, -0.25) is 0 Å². The fourth-order valence-electron chi connectivity index (χ4n) is 2.17. The third-order valence-corrected chi connectivity index (χ3v) is 4.86. The number of nitrogens with zero attached hydrogens (tertiary/aromatic N) is 2. The normalized spacial score (nSPS) is 11.7. The van der Waals surface area contributed by atoms with Crippen molar-refractivity contribution in [1.82, 2.24) is 4.98 Å². The van der Waals surface area contributed by atoms with E-state index in [2.05, 4.69) is 4.98 Å². The highest BCUT2D eigenvalue weighted by atomic mass is 35.5. The Hall–Kier alpha value is -2.32. The number of benzene rings is 2. The minimum atomic E-state index is -0.192. The predicted molar refractivity (Wildman–Crippen MR) is 99.1 cm³/mol. The van der Waals surface area contributed by atoms with Crippen molar-refractivity contribution < 1.29 is 5.11 Å². The molecule has 6 heteroatoms. The Morgan fingerprint density at radius 2 is 1.71 bits per heavy atom. The Kier molecular flexibility index (Phi) is 4.86. The monoisotopic (exact) mass is 372 g/mol. The lowest BCUT2D eigenvalue weighted by Gasteiger charge is -2.04. The van der Waals surface area contributed by atoms with Crippen LogP contribution >= 0.6 is 34.5 Å². The Balaban J connectivity index is 2.08. The zero-order valence-corrected chi connectivity index (χ0v) is 14.5. The van der Waals surface area contributed by atoms with E-state index in [4.69, 9.17) is 23.2 Å². The molecule has 2 aromatic carbocycles. The van der Waals surface area contributed by atoms with Crippen molar-refractivity contribution in [2.24, 2.45) is 0 Å². The molecule has 3 rings (SSSR count). The quantitative estimate of drug-likeness (QED) is 0.448. The van der Waals surface area contributed by atoms with Gasteiger partial charge in [-0.2, -0.15) is 5.26 Å². The summed E-state index contributed by atoms with van der Waals surface area (Å²) in [7, 11) is 0. The number of hydrogen-bond donors (Lipinski definition) is 1. The second-order valence-electron chi connectivity index (χ2n) is 4.83. The van der Waals surface area contributed by atoms with Gasteiger partial charge in [0.15, 0.2) is 0 Å². The summed E-state index contributed by atoms with van der Waals surface area (Å²) in [6, 6.07) is 16.1. The molecule has 1 N–H and O–H groups in total. The van der Waals surface area contributed by atoms with Crippen LogP contribution in [0.25, 0.3) is 22.6 Å². The van der Waals surface area contributed by atoms with Crippen molar-refractivity contribution in [3.8, 4) is 17.3 Å². The van der Waals surface area contributed by atoms with Crippen molar-refractivity contribution >= 4 is 45.9 Å². The van der Waals surface area contributed by atoms with Gasteiger partial charge in [0.05, 0.1) is 10.7 Å². The SMILES string of the molecule is N#CC(=C(O)c1ccccc1Cl)c1nc(-c2ccccc2Cl)cs1. The van der Waals surface area contributed by atoms with Gasteiger partial charge in [0.1, 0.15) is 22.4 Å². The fraction of sp³-hybridized carbons (Fsp3) is 0. The molecule has 0 aliphatic heterocycles. The van der Waals surface area contributed by atoms with Gasteiger partial charge >= 0.3 is 0 Å². The van der Waals surface area contributed by atoms with E-state index in [1.807, 2.05) is 24.3 Å². The van der Waals surface area contributed by atoms with E-state index < -0.39 is 0 Å². The van der Waals surface area contributed by atoms with E-state index in [0.29, 0.717) is 26.3 Å². The summed E-state index contributed by atoms with van der Waals surface area (Å²) in [6.45, 7) is 0. The van der Waals surface area contributed by atoms with Crippen LogP contribution in [0.1, 0.15) is 10.6 Å². The Labute approximate surface area is 153 Å². The molecule has 0 amide bonds. The maximum atomic E-state index is 10.5. The smallest absolute Gasteiger partial charge is 0.145 e. The van der Waals surface area contributed by atoms with Gasteiger partial charge in [-0.15, -0.1) is 11.3 Å². The summed E-state index contributed by atoms with van der Waals surface area (Å²) in [6.07, 6.45) is 0. The standard InChI is InChI=1S/C18H10Cl2N2OS/c19-14-7-3-1-5-11(14)16-10-24-18(22-16)13(9-21)17(23)12-6-2-4-8-15(12)20/h1-8,10,23H. The molecule has 0 fully saturated rings. The molecule has 3 nitrogen and oxygen atoms in total. The highest BCUT2D eigenvalue weighted by Crippen LogP contribution is 2.34. The van der Waals surface area contributed by atoms with Gasteiger partial charge in [0.2, 0.25) is 0 Å². The molecule has 0 aliphatic rings. The first-order valence-corrected chi connectivity index (χ1v) is 8.54. The first kappa shape index (κ1) is 16.5. The second-order valence-corrected chi connectivity index (χ2v) is 6.51. The van der Waals surface area contributed by atoms with Gasteiger partial charge in [-0.1, -0.05) is 53.5 Å². The van der Waals surface area contributed by atoms with Crippen molar-refractivity contribution in [1.29, 1.82) is 5.26 Å². The van der Waals surface area contributed by atoms with Crippen molar-refractivity contribution in [3.63, 3.8) is 0 Å². The second kappa shape index (κ2) is 7.06. The van der Waals surface area contributed by atoms with Crippen LogP contribution in [0.2, 0.25) is 10.0 Å². The third kappa shape index (κ3) is 3.15. The van der Waals surface area contributed by atoms with Gasteiger partial charge < -0.3 is 5.11 Å². The number of allylic oxidation sites excluding steroid dienone is 1. The summed E-state index contributed by atoms with van der Waals surface area (Å²) in [5, 5.41) is 23.1. The van der Waals surface area contributed by atoms with E-state index in [0.717, 1.165) is 5.56 Å². The summed E-state index contributed by atoms with van der Waals surface area (Å²) < 4.78 is 0. The van der Waals surface area contributed by atoms with Crippen molar-refractivity contribution in [3.05, 3.63) is 74.5 Å². The maximum Gasteiger partial charge on any atom is 0.145 e. The zero-order valence-electron chi connectivity index (χ0n) is 12.2. The molecule has 0 atom stereocenters. The topological polar surface area (TPSA) is 56.9 Å². The Bertz CT molecular complexity index is 973. The van der Waals surface area contributed by atoms with E-state index >= 15 is 0 Å². The molecule has 0 saturated heterocycles. The number of thiazole rings is 1. The average Bonchev–Trinajstić information content (AvgIpc) is 3.05. The molecule has 0 aliphatic carbocycles. The van der Waals surface area contributed by atoms with Gasteiger partial charge in [-0.05, 0) is 18.2 Å². The molecule has 3 aromatic rings. The molecule has 0 bridgehead atoms. The third-order valence-electron chi connectivity index (χ3n) is 3.35. The Morgan fingerprint density at radius 3 is 2.38 bits per heavy atom. The van der Waals surface area contributed by atoms with Crippen LogP contribution in [0.15, 0.2) is 53.9 Å². The van der Waals surface area contributed by atoms with Crippen LogP contribution in [0.5, 0.6) is 0 Å². The van der Waals surface area contributed by atoms with E-state index in [-0.39, 0.29) is 11.3 Å². The number of aromatic nitrogens is 1.